The molecule has 2 aromatic rings. The fourth-order valence-electron chi connectivity index (χ4n) is 1.64. The second-order valence-electron chi connectivity index (χ2n) is 3.71. The highest BCUT2D eigenvalue weighted by atomic mass is 19.1. The maximum Gasteiger partial charge on any atom is 0.146 e. The molecular formula is C12H14FN3. The minimum atomic E-state index is -0.426. The van der Waals surface area contributed by atoms with Crippen molar-refractivity contribution in [3.05, 3.63) is 35.8 Å². The largest absolute Gasteiger partial charge is 0.397 e. The van der Waals surface area contributed by atoms with Gasteiger partial charge in [0.25, 0.3) is 0 Å². The van der Waals surface area contributed by atoms with E-state index in [2.05, 4.69) is 4.98 Å². The summed E-state index contributed by atoms with van der Waals surface area (Å²) in [5.74, 6) is -0.426. The molecule has 0 unspecified atom stereocenters. The highest BCUT2D eigenvalue weighted by Crippen LogP contribution is 2.28. The lowest BCUT2D eigenvalue weighted by atomic mass is 10.1. The second kappa shape index (κ2) is 3.89. The van der Waals surface area contributed by atoms with Gasteiger partial charge in [-0.2, -0.15) is 0 Å². The zero-order valence-electron chi connectivity index (χ0n) is 9.05. The van der Waals surface area contributed by atoms with Crippen LogP contribution < -0.4 is 11.5 Å². The Morgan fingerprint density at radius 1 is 1.19 bits per heavy atom. The topological polar surface area (TPSA) is 67.8 Å². The van der Waals surface area contributed by atoms with Crippen LogP contribution in [-0.4, -0.2) is 4.98 Å². The molecule has 0 fully saturated rings. The summed E-state index contributed by atoms with van der Waals surface area (Å²) >= 11 is 0. The van der Waals surface area contributed by atoms with Gasteiger partial charge in [-0.1, -0.05) is 13.0 Å². The van der Waals surface area contributed by atoms with Gasteiger partial charge in [-0.25, -0.2) is 4.39 Å². The van der Waals surface area contributed by atoms with Crippen molar-refractivity contribution in [2.45, 2.75) is 13.3 Å². The highest BCUT2D eigenvalue weighted by molar-refractivity contribution is 5.74. The third kappa shape index (κ3) is 1.74. The number of aryl methyl sites for hydroxylation is 1. The van der Waals surface area contributed by atoms with Gasteiger partial charge in [0.15, 0.2) is 0 Å². The molecule has 2 rings (SSSR count). The minimum absolute atomic E-state index is 0.143. The summed E-state index contributed by atoms with van der Waals surface area (Å²) in [7, 11) is 0. The van der Waals surface area contributed by atoms with Crippen LogP contribution in [0.5, 0.6) is 0 Å². The lowest BCUT2D eigenvalue weighted by Crippen LogP contribution is -1.92. The molecule has 0 amide bonds. The van der Waals surface area contributed by atoms with Crippen LogP contribution in [0.4, 0.5) is 15.8 Å². The van der Waals surface area contributed by atoms with Gasteiger partial charge in [0.1, 0.15) is 5.82 Å². The molecule has 0 bridgehead atoms. The van der Waals surface area contributed by atoms with Crippen LogP contribution in [0.3, 0.4) is 0 Å². The number of anilines is 2. The lowest BCUT2D eigenvalue weighted by Gasteiger charge is -2.02. The first kappa shape index (κ1) is 10.5. The van der Waals surface area contributed by atoms with Crippen molar-refractivity contribution in [1.29, 1.82) is 0 Å². The van der Waals surface area contributed by atoms with Crippen molar-refractivity contribution >= 4 is 11.4 Å². The number of hydrogen-bond donors (Lipinski definition) is 3. The molecule has 4 heteroatoms. The molecule has 1 aromatic heterocycles. The Hall–Kier alpha value is -1.97. The summed E-state index contributed by atoms with van der Waals surface area (Å²) in [4.78, 5) is 3.16. The Bertz CT molecular complexity index is 517. The fourth-order valence-corrected chi connectivity index (χ4v) is 1.64. The van der Waals surface area contributed by atoms with E-state index in [-0.39, 0.29) is 5.69 Å². The minimum Gasteiger partial charge on any atom is -0.397 e. The van der Waals surface area contributed by atoms with E-state index in [1.54, 1.807) is 6.07 Å². The monoisotopic (exact) mass is 219 g/mol. The summed E-state index contributed by atoms with van der Waals surface area (Å²) in [5.41, 5.74) is 14.5. The number of aromatic nitrogens is 1. The zero-order valence-corrected chi connectivity index (χ0v) is 9.05. The molecule has 0 saturated heterocycles. The number of hydrogen-bond acceptors (Lipinski definition) is 2. The summed E-state index contributed by atoms with van der Waals surface area (Å²) in [5, 5.41) is 0. The molecule has 0 saturated carbocycles. The van der Waals surface area contributed by atoms with E-state index in [1.165, 1.54) is 12.1 Å². The number of nitrogens with two attached hydrogens (primary N) is 2. The first-order chi connectivity index (χ1) is 7.61. The number of halogens is 1. The maximum absolute atomic E-state index is 13.3. The number of aromatic amines is 1. The standard InChI is InChI=1S/C12H14FN3/c1-2-8-6-11(15)12(16-8)7-3-4-10(14)9(13)5-7/h3-6,16H,2,14-15H2,1H3. The SMILES string of the molecule is CCc1cc(N)c(-c2ccc(N)c(F)c2)[nH]1. The second-order valence-corrected chi connectivity index (χ2v) is 3.71. The molecule has 0 spiro atoms. The molecule has 1 aromatic carbocycles. The molecule has 84 valence electrons. The average Bonchev–Trinajstić information content (AvgIpc) is 2.64. The number of nitrogen functional groups attached to an aromatic ring is 2. The quantitative estimate of drug-likeness (QED) is 0.679. The molecule has 0 atom stereocenters. The van der Waals surface area contributed by atoms with Crippen LogP contribution in [0.1, 0.15) is 12.6 Å². The van der Waals surface area contributed by atoms with Gasteiger partial charge >= 0.3 is 0 Å². The van der Waals surface area contributed by atoms with Crippen LogP contribution >= 0.6 is 0 Å². The summed E-state index contributed by atoms with van der Waals surface area (Å²) in [6, 6.07) is 6.54. The molecule has 0 aliphatic heterocycles. The smallest absolute Gasteiger partial charge is 0.146 e. The van der Waals surface area contributed by atoms with E-state index in [9.17, 15) is 4.39 Å². The lowest BCUT2D eigenvalue weighted by molar-refractivity contribution is 0.633. The van der Waals surface area contributed by atoms with Crippen LogP contribution in [0.25, 0.3) is 11.3 Å². The molecule has 0 aliphatic carbocycles. The third-order valence-corrected chi connectivity index (χ3v) is 2.57. The zero-order chi connectivity index (χ0) is 11.7. The fraction of sp³-hybridized carbons (Fsp3) is 0.167. The average molecular weight is 219 g/mol. The van der Waals surface area contributed by atoms with E-state index in [4.69, 9.17) is 11.5 Å². The van der Waals surface area contributed by atoms with Gasteiger partial charge in [-0.3, -0.25) is 0 Å². The maximum atomic E-state index is 13.3. The van der Waals surface area contributed by atoms with Crippen LogP contribution in [0.2, 0.25) is 0 Å². The van der Waals surface area contributed by atoms with Crippen LogP contribution in [-0.2, 0) is 6.42 Å². The first-order valence-electron chi connectivity index (χ1n) is 5.14. The molecule has 16 heavy (non-hydrogen) atoms. The molecule has 0 aliphatic rings. The highest BCUT2D eigenvalue weighted by Gasteiger charge is 2.08. The van der Waals surface area contributed by atoms with Crippen molar-refractivity contribution in [1.82, 2.24) is 4.98 Å². The molecule has 5 N–H and O–H groups in total. The van der Waals surface area contributed by atoms with Gasteiger partial charge in [-0.15, -0.1) is 0 Å². The Balaban J connectivity index is 2.49. The van der Waals surface area contributed by atoms with E-state index < -0.39 is 5.82 Å². The van der Waals surface area contributed by atoms with Crippen molar-refractivity contribution in [3.8, 4) is 11.3 Å². The summed E-state index contributed by atoms with van der Waals surface area (Å²) < 4.78 is 13.3. The number of H-pyrrole nitrogens is 1. The number of benzene rings is 1. The molecule has 3 nitrogen and oxygen atoms in total. The predicted molar refractivity (Wildman–Crippen MR) is 64.4 cm³/mol. The van der Waals surface area contributed by atoms with Crippen molar-refractivity contribution in [3.63, 3.8) is 0 Å². The van der Waals surface area contributed by atoms with Crippen LogP contribution in [0, 0.1) is 5.82 Å². The third-order valence-electron chi connectivity index (χ3n) is 2.57. The Morgan fingerprint density at radius 2 is 1.94 bits per heavy atom. The summed E-state index contributed by atoms with van der Waals surface area (Å²) in [6.07, 6.45) is 0.863. The van der Waals surface area contributed by atoms with Crippen LogP contribution in [0.15, 0.2) is 24.3 Å². The Kier molecular flexibility index (Phi) is 2.56. The predicted octanol–water partition coefficient (Wildman–Crippen LogP) is 2.55. The van der Waals surface area contributed by atoms with Gasteiger partial charge in [-0.05, 0) is 24.6 Å². The van der Waals surface area contributed by atoms with Crippen molar-refractivity contribution in [2.75, 3.05) is 11.5 Å². The van der Waals surface area contributed by atoms with Crippen molar-refractivity contribution < 1.29 is 4.39 Å². The molecule has 0 radical (unpaired) electrons. The normalized spacial score (nSPS) is 10.6. The van der Waals surface area contributed by atoms with E-state index in [1.807, 2.05) is 13.0 Å². The van der Waals surface area contributed by atoms with Gasteiger partial charge in [0.2, 0.25) is 0 Å². The van der Waals surface area contributed by atoms with Gasteiger partial charge in [0, 0.05) is 11.3 Å². The molecular weight excluding hydrogens is 205 g/mol. The molecule has 1 heterocycles. The van der Waals surface area contributed by atoms with E-state index >= 15 is 0 Å². The Morgan fingerprint density at radius 3 is 2.50 bits per heavy atom. The number of rotatable bonds is 2. The van der Waals surface area contributed by atoms with E-state index in [0.717, 1.165) is 17.8 Å². The Labute approximate surface area is 93.3 Å². The van der Waals surface area contributed by atoms with Gasteiger partial charge in [0.05, 0.1) is 17.1 Å². The first-order valence-corrected chi connectivity index (χ1v) is 5.14. The van der Waals surface area contributed by atoms with Gasteiger partial charge < -0.3 is 16.5 Å². The summed E-state index contributed by atoms with van der Waals surface area (Å²) in [6.45, 7) is 2.03. The van der Waals surface area contributed by atoms with Crippen molar-refractivity contribution in [2.24, 2.45) is 0 Å². The van der Waals surface area contributed by atoms with E-state index in [0.29, 0.717) is 11.3 Å². The number of nitrogens with one attached hydrogen (secondary N) is 1.